The largest absolute Gasteiger partial charge is 0.295 e. The summed E-state index contributed by atoms with van der Waals surface area (Å²) < 4.78 is 1.55. The van der Waals surface area contributed by atoms with Gasteiger partial charge in [0.25, 0.3) is 5.56 Å². The molecule has 1 N–H and O–H groups in total. The van der Waals surface area contributed by atoms with Crippen LogP contribution in [0.3, 0.4) is 0 Å². The standard InChI is InChI=1S/C11H12N2O/c1-2-9-8-11(14)13(12-9)10-6-4-3-5-7-10/h3-8,12H,2H2,1H3. The zero-order chi connectivity index (χ0) is 9.97. The lowest BCUT2D eigenvalue weighted by Gasteiger charge is -2.00. The van der Waals surface area contributed by atoms with E-state index in [1.54, 1.807) is 10.7 Å². The van der Waals surface area contributed by atoms with Crippen molar-refractivity contribution in [2.24, 2.45) is 0 Å². The minimum absolute atomic E-state index is 0.00644. The summed E-state index contributed by atoms with van der Waals surface area (Å²) in [5.41, 5.74) is 1.82. The third-order valence-electron chi connectivity index (χ3n) is 2.17. The molecule has 0 aliphatic carbocycles. The van der Waals surface area contributed by atoms with Gasteiger partial charge in [-0.05, 0) is 18.6 Å². The van der Waals surface area contributed by atoms with Crippen LogP contribution in [0.1, 0.15) is 12.6 Å². The van der Waals surface area contributed by atoms with Crippen molar-refractivity contribution in [2.75, 3.05) is 0 Å². The molecule has 0 amide bonds. The first-order valence-corrected chi connectivity index (χ1v) is 4.67. The summed E-state index contributed by atoms with van der Waals surface area (Å²) in [5, 5.41) is 3.05. The number of para-hydroxylation sites is 1. The van der Waals surface area contributed by atoms with Gasteiger partial charge in [-0.2, -0.15) is 0 Å². The van der Waals surface area contributed by atoms with Crippen molar-refractivity contribution in [3.05, 3.63) is 52.4 Å². The molecule has 0 spiro atoms. The van der Waals surface area contributed by atoms with Crippen molar-refractivity contribution in [2.45, 2.75) is 13.3 Å². The Hall–Kier alpha value is -1.77. The van der Waals surface area contributed by atoms with Crippen molar-refractivity contribution >= 4 is 0 Å². The van der Waals surface area contributed by atoms with Gasteiger partial charge in [-0.3, -0.25) is 9.89 Å². The fourth-order valence-corrected chi connectivity index (χ4v) is 1.39. The van der Waals surface area contributed by atoms with Crippen LogP contribution >= 0.6 is 0 Å². The Morgan fingerprint density at radius 2 is 2.00 bits per heavy atom. The summed E-state index contributed by atoms with van der Waals surface area (Å²) in [6.45, 7) is 2.01. The summed E-state index contributed by atoms with van der Waals surface area (Å²) in [5.74, 6) is 0. The van der Waals surface area contributed by atoms with E-state index in [0.717, 1.165) is 17.8 Å². The molecule has 0 unspecified atom stereocenters. The monoisotopic (exact) mass is 188 g/mol. The van der Waals surface area contributed by atoms with Gasteiger partial charge >= 0.3 is 0 Å². The van der Waals surface area contributed by atoms with Crippen LogP contribution in [0.2, 0.25) is 0 Å². The molecule has 0 saturated heterocycles. The smallest absolute Gasteiger partial charge is 0.271 e. The minimum Gasteiger partial charge on any atom is -0.295 e. The molecule has 2 aromatic rings. The third kappa shape index (κ3) is 1.48. The minimum atomic E-state index is -0.00644. The first kappa shape index (κ1) is 8.81. The van der Waals surface area contributed by atoms with Gasteiger partial charge in [-0.25, -0.2) is 4.68 Å². The van der Waals surface area contributed by atoms with Crippen LogP contribution in [0.15, 0.2) is 41.2 Å². The van der Waals surface area contributed by atoms with Crippen LogP contribution in [0.25, 0.3) is 5.69 Å². The van der Waals surface area contributed by atoms with Crippen molar-refractivity contribution in [1.82, 2.24) is 9.78 Å². The third-order valence-corrected chi connectivity index (χ3v) is 2.17. The SMILES string of the molecule is CCc1cc(=O)n(-c2ccccc2)[nH]1. The van der Waals surface area contributed by atoms with Gasteiger partial charge in [0.1, 0.15) is 0 Å². The Bertz CT molecular complexity index is 468. The number of nitrogens with one attached hydrogen (secondary N) is 1. The van der Waals surface area contributed by atoms with E-state index < -0.39 is 0 Å². The maximum atomic E-state index is 11.5. The van der Waals surface area contributed by atoms with E-state index in [2.05, 4.69) is 5.10 Å². The van der Waals surface area contributed by atoms with Crippen LogP contribution in [0.5, 0.6) is 0 Å². The molecular formula is C11H12N2O. The second kappa shape index (κ2) is 3.54. The van der Waals surface area contributed by atoms with Crippen LogP contribution in [0.4, 0.5) is 0 Å². The van der Waals surface area contributed by atoms with Crippen molar-refractivity contribution in [1.29, 1.82) is 0 Å². The highest BCUT2D eigenvalue weighted by molar-refractivity contribution is 5.30. The molecule has 0 atom stereocenters. The van der Waals surface area contributed by atoms with Crippen molar-refractivity contribution in [3.8, 4) is 5.69 Å². The van der Waals surface area contributed by atoms with Crippen molar-refractivity contribution < 1.29 is 0 Å². The molecule has 3 heteroatoms. The van der Waals surface area contributed by atoms with Gasteiger partial charge in [0.15, 0.2) is 0 Å². The fraction of sp³-hybridized carbons (Fsp3) is 0.182. The number of aromatic nitrogens is 2. The van der Waals surface area contributed by atoms with Crippen LogP contribution in [0, 0.1) is 0 Å². The van der Waals surface area contributed by atoms with E-state index in [9.17, 15) is 4.79 Å². The molecule has 0 aliphatic rings. The zero-order valence-corrected chi connectivity index (χ0v) is 8.03. The molecule has 0 saturated carbocycles. The molecule has 2 rings (SSSR count). The lowest BCUT2D eigenvalue weighted by atomic mass is 10.3. The van der Waals surface area contributed by atoms with Crippen molar-refractivity contribution in [3.63, 3.8) is 0 Å². The van der Waals surface area contributed by atoms with Gasteiger partial charge in [-0.15, -0.1) is 0 Å². The first-order valence-electron chi connectivity index (χ1n) is 4.67. The maximum Gasteiger partial charge on any atom is 0.271 e. The summed E-state index contributed by atoms with van der Waals surface area (Å²) >= 11 is 0. The topological polar surface area (TPSA) is 37.8 Å². The van der Waals surface area contributed by atoms with Gasteiger partial charge in [0.05, 0.1) is 5.69 Å². The summed E-state index contributed by atoms with van der Waals surface area (Å²) in [6.07, 6.45) is 0.842. The fourth-order valence-electron chi connectivity index (χ4n) is 1.39. The second-order valence-electron chi connectivity index (χ2n) is 3.14. The van der Waals surface area contributed by atoms with Crippen LogP contribution in [-0.2, 0) is 6.42 Å². The Morgan fingerprint density at radius 1 is 1.29 bits per heavy atom. The summed E-state index contributed by atoms with van der Waals surface area (Å²) in [7, 11) is 0. The molecule has 1 aromatic carbocycles. The summed E-state index contributed by atoms with van der Waals surface area (Å²) in [4.78, 5) is 11.5. The predicted octanol–water partition coefficient (Wildman–Crippen LogP) is 1.73. The number of aromatic amines is 1. The molecule has 3 nitrogen and oxygen atoms in total. The number of benzene rings is 1. The Kier molecular flexibility index (Phi) is 2.23. The number of H-pyrrole nitrogens is 1. The molecular weight excluding hydrogens is 176 g/mol. The highest BCUT2D eigenvalue weighted by Crippen LogP contribution is 2.03. The number of hydrogen-bond acceptors (Lipinski definition) is 1. The Morgan fingerprint density at radius 3 is 2.57 bits per heavy atom. The molecule has 0 radical (unpaired) electrons. The van der Waals surface area contributed by atoms with Gasteiger partial charge < -0.3 is 0 Å². The second-order valence-corrected chi connectivity index (χ2v) is 3.14. The number of rotatable bonds is 2. The average molecular weight is 188 g/mol. The average Bonchev–Trinajstić information content (AvgIpc) is 2.61. The lowest BCUT2D eigenvalue weighted by Crippen LogP contribution is -2.12. The van der Waals surface area contributed by atoms with E-state index >= 15 is 0 Å². The van der Waals surface area contributed by atoms with Gasteiger partial charge in [0, 0.05) is 11.8 Å². The van der Waals surface area contributed by atoms with E-state index in [1.165, 1.54) is 0 Å². The van der Waals surface area contributed by atoms with Gasteiger partial charge in [0.2, 0.25) is 0 Å². The number of hydrogen-bond donors (Lipinski definition) is 1. The molecule has 0 bridgehead atoms. The number of aryl methyl sites for hydroxylation is 1. The highest BCUT2D eigenvalue weighted by Gasteiger charge is 2.01. The molecule has 0 aliphatic heterocycles. The highest BCUT2D eigenvalue weighted by atomic mass is 16.1. The normalized spacial score (nSPS) is 10.4. The summed E-state index contributed by atoms with van der Waals surface area (Å²) in [6, 6.07) is 11.2. The quantitative estimate of drug-likeness (QED) is 0.765. The van der Waals surface area contributed by atoms with Crippen LogP contribution in [-0.4, -0.2) is 9.78 Å². The Labute approximate surface area is 82.0 Å². The van der Waals surface area contributed by atoms with E-state index in [1.807, 2.05) is 37.3 Å². The molecule has 1 aromatic heterocycles. The zero-order valence-electron chi connectivity index (χ0n) is 8.03. The first-order chi connectivity index (χ1) is 6.81. The predicted molar refractivity (Wildman–Crippen MR) is 55.8 cm³/mol. The Balaban J connectivity index is 2.52. The molecule has 14 heavy (non-hydrogen) atoms. The number of nitrogens with zero attached hydrogens (tertiary/aromatic N) is 1. The van der Waals surface area contributed by atoms with E-state index in [-0.39, 0.29) is 5.56 Å². The molecule has 1 heterocycles. The van der Waals surface area contributed by atoms with Gasteiger partial charge in [-0.1, -0.05) is 25.1 Å². The molecule has 0 fully saturated rings. The lowest BCUT2D eigenvalue weighted by molar-refractivity contribution is 0.819. The van der Waals surface area contributed by atoms with Crippen LogP contribution < -0.4 is 5.56 Å². The molecule has 72 valence electrons. The van der Waals surface area contributed by atoms with E-state index in [4.69, 9.17) is 0 Å². The maximum absolute atomic E-state index is 11.5. The van der Waals surface area contributed by atoms with E-state index in [0.29, 0.717) is 0 Å².